The van der Waals surface area contributed by atoms with E-state index in [4.69, 9.17) is 10.5 Å². The van der Waals surface area contributed by atoms with Crippen molar-refractivity contribution in [2.24, 2.45) is 0 Å². The molecule has 0 atom stereocenters. The topological polar surface area (TPSA) is 48.1 Å². The van der Waals surface area contributed by atoms with Crippen LogP contribution in [0.4, 0.5) is 5.69 Å². The molecule has 20 heavy (non-hydrogen) atoms. The van der Waals surface area contributed by atoms with Crippen LogP contribution in [0, 0.1) is 0 Å². The highest BCUT2D eigenvalue weighted by Gasteiger charge is 2.05. The minimum Gasteiger partial charge on any atom is -0.487 e. The normalized spacial score (nSPS) is 10.7. The maximum absolute atomic E-state index is 5.98. The number of pyridine rings is 1. The molecule has 0 spiro atoms. The van der Waals surface area contributed by atoms with E-state index >= 15 is 0 Å². The average Bonchev–Trinajstić information content (AvgIpc) is 2.49. The van der Waals surface area contributed by atoms with Crippen LogP contribution in [-0.4, -0.2) is 4.98 Å². The Labute approximate surface area is 125 Å². The van der Waals surface area contributed by atoms with Crippen molar-refractivity contribution in [3.8, 4) is 5.75 Å². The van der Waals surface area contributed by atoms with Crippen molar-refractivity contribution in [1.29, 1.82) is 0 Å². The molecule has 2 N–H and O–H groups in total. The van der Waals surface area contributed by atoms with Crippen LogP contribution < -0.4 is 10.5 Å². The smallest absolute Gasteiger partial charge is 0.130 e. The zero-order valence-corrected chi connectivity index (χ0v) is 12.3. The highest BCUT2D eigenvalue weighted by molar-refractivity contribution is 9.10. The van der Waals surface area contributed by atoms with Crippen LogP contribution >= 0.6 is 15.9 Å². The lowest BCUT2D eigenvalue weighted by molar-refractivity contribution is 0.305. The van der Waals surface area contributed by atoms with Crippen molar-refractivity contribution in [2.45, 2.75) is 6.61 Å². The Balaban J connectivity index is 1.88. The third-order valence-corrected chi connectivity index (χ3v) is 3.55. The number of hydrogen-bond donors (Lipinski definition) is 1. The lowest BCUT2D eigenvalue weighted by atomic mass is 10.1. The maximum Gasteiger partial charge on any atom is 0.130 e. The number of halogens is 1. The molecule has 4 heteroatoms. The van der Waals surface area contributed by atoms with Crippen LogP contribution in [-0.2, 0) is 6.61 Å². The van der Waals surface area contributed by atoms with Gasteiger partial charge in [0.15, 0.2) is 0 Å². The van der Waals surface area contributed by atoms with E-state index in [1.54, 1.807) is 6.20 Å². The lowest BCUT2D eigenvalue weighted by Crippen LogP contribution is -1.99. The van der Waals surface area contributed by atoms with E-state index in [-0.39, 0.29) is 0 Å². The van der Waals surface area contributed by atoms with Crippen molar-refractivity contribution in [3.63, 3.8) is 0 Å². The first kappa shape index (κ1) is 12.9. The Kier molecular flexibility index (Phi) is 3.56. The van der Waals surface area contributed by atoms with Gasteiger partial charge in [0, 0.05) is 27.1 Å². The van der Waals surface area contributed by atoms with E-state index in [9.17, 15) is 0 Å². The molecule has 0 aliphatic carbocycles. The number of nitrogens with two attached hydrogens (primary N) is 1. The summed E-state index contributed by atoms with van der Waals surface area (Å²) in [5.41, 5.74) is 7.62. The summed E-state index contributed by atoms with van der Waals surface area (Å²) in [7, 11) is 0. The predicted octanol–water partition coefficient (Wildman–Crippen LogP) is 4.16. The fourth-order valence-electron chi connectivity index (χ4n) is 2.06. The van der Waals surface area contributed by atoms with Crippen molar-refractivity contribution < 1.29 is 4.74 Å². The van der Waals surface area contributed by atoms with Gasteiger partial charge >= 0.3 is 0 Å². The van der Waals surface area contributed by atoms with Gasteiger partial charge in [-0.3, -0.25) is 4.98 Å². The van der Waals surface area contributed by atoms with Crippen molar-refractivity contribution in [2.75, 3.05) is 5.73 Å². The summed E-state index contributed by atoms with van der Waals surface area (Å²) in [6.07, 6.45) is 1.76. The van der Waals surface area contributed by atoms with Gasteiger partial charge in [-0.05, 0) is 40.2 Å². The van der Waals surface area contributed by atoms with E-state index in [0.717, 1.165) is 32.4 Å². The molecule has 0 saturated carbocycles. The van der Waals surface area contributed by atoms with Crippen LogP contribution in [0.25, 0.3) is 10.8 Å². The molecule has 0 aliphatic rings. The van der Waals surface area contributed by atoms with Gasteiger partial charge < -0.3 is 10.5 Å². The summed E-state index contributed by atoms with van der Waals surface area (Å²) >= 11 is 3.36. The number of ether oxygens (including phenoxy) is 1. The molecule has 3 aromatic rings. The van der Waals surface area contributed by atoms with E-state index in [0.29, 0.717) is 6.61 Å². The van der Waals surface area contributed by atoms with Gasteiger partial charge in [0.1, 0.15) is 12.4 Å². The summed E-state index contributed by atoms with van der Waals surface area (Å²) in [5, 5.41) is 2.03. The predicted molar refractivity (Wildman–Crippen MR) is 84.6 cm³/mol. The number of anilines is 1. The van der Waals surface area contributed by atoms with Crippen LogP contribution in [0.3, 0.4) is 0 Å². The fraction of sp³-hybridized carbons (Fsp3) is 0.0625. The minimum atomic E-state index is 0.432. The van der Waals surface area contributed by atoms with Gasteiger partial charge in [0.2, 0.25) is 0 Å². The van der Waals surface area contributed by atoms with Gasteiger partial charge in [0.25, 0.3) is 0 Å². The molecule has 2 aromatic carbocycles. The van der Waals surface area contributed by atoms with Gasteiger partial charge in [0.05, 0.1) is 5.69 Å². The van der Waals surface area contributed by atoms with E-state index < -0.39 is 0 Å². The van der Waals surface area contributed by atoms with Gasteiger partial charge in [-0.2, -0.15) is 0 Å². The van der Waals surface area contributed by atoms with Gasteiger partial charge in [-0.25, -0.2) is 0 Å². The lowest BCUT2D eigenvalue weighted by Gasteiger charge is -2.10. The van der Waals surface area contributed by atoms with Crippen LogP contribution in [0.15, 0.2) is 59.2 Å². The Morgan fingerprint density at radius 1 is 1.00 bits per heavy atom. The standard InChI is InChI=1S/C16H13BrN2O/c17-11-5-6-12(19-9-11)10-20-16-8-7-15(18)13-3-1-2-4-14(13)16/h1-9H,10,18H2. The number of aromatic nitrogens is 1. The molecular weight excluding hydrogens is 316 g/mol. The molecule has 3 nitrogen and oxygen atoms in total. The highest BCUT2D eigenvalue weighted by atomic mass is 79.9. The first-order valence-electron chi connectivity index (χ1n) is 6.24. The number of nitrogens with zero attached hydrogens (tertiary/aromatic N) is 1. The molecule has 3 rings (SSSR count). The number of fused-ring (bicyclic) bond motifs is 1. The number of hydrogen-bond acceptors (Lipinski definition) is 3. The number of benzene rings is 2. The average molecular weight is 329 g/mol. The Hall–Kier alpha value is -2.07. The molecule has 1 aromatic heterocycles. The quantitative estimate of drug-likeness (QED) is 0.734. The summed E-state index contributed by atoms with van der Waals surface area (Å²) < 4.78 is 6.82. The van der Waals surface area contributed by atoms with Crippen molar-refractivity contribution in [1.82, 2.24) is 4.98 Å². The number of nitrogen functional groups attached to an aromatic ring is 1. The molecule has 0 fully saturated rings. The molecule has 0 amide bonds. The van der Waals surface area contributed by atoms with E-state index in [1.807, 2.05) is 48.5 Å². The minimum absolute atomic E-state index is 0.432. The summed E-state index contributed by atoms with van der Waals surface area (Å²) in [6, 6.07) is 15.6. The van der Waals surface area contributed by atoms with E-state index in [2.05, 4.69) is 20.9 Å². The second-order valence-corrected chi connectivity index (χ2v) is 5.37. The molecule has 0 radical (unpaired) electrons. The first-order valence-corrected chi connectivity index (χ1v) is 7.04. The molecular formula is C16H13BrN2O. The first-order chi connectivity index (χ1) is 9.74. The molecule has 1 heterocycles. The molecule has 0 unspecified atom stereocenters. The van der Waals surface area contributed by atoms with Crippen LogP contribution in [0.1, 0.15) is 5.69 Å². The van der Waals surface area contributed by atoms with Crippen LogP contribution in [0.2, 0.25) is 0 Å². The van der Waals surface area contributed by atoms with Crippen molar-refractivity contribution in [3.05, 3.63) is 64.9 Å². The summed E-state index contributed by atoms with van der Waals surface area (Å²) in [5.74, 6) is 0.819. The summed E-state index contributed by atoms with van der Waals surface area (Å²) in [6.45, 7) is 0.432. The Morgan fingerprint density at radius 2 is 1.80 bits per heavy atom. The Morgan fingerprint density at radius 3 is 2.55 bits per heavy atom. The zero-order valence-electron chi connectivity index (χ0n) is 10.7. The van der Waals surface area contributed by atoms with E-state index in [1.165, 1.54) is 0 Å². The second kappa shape index (κ2) is 5.51. The highest BCUT2D eigenvalue weighted by Crippen LogP contribution is 2.30. The van der Waals surface area contributed by atoms with Crippen molar-refractivity contribution >= 4 is 32.4 Å². The monoisotopic (exact) mass is 328 g/mol. The largest absolute Gasteiger partial charge is 0.487 e. The van der Waals surface area contributed by atoms with Crippen LogP contribution in [0.5, 0.6) is 5.75 Å². The van der Waals surface area contributed by atoms with Gasteiger partial charge in [-0.1, -0.05) is 24.3 Å². The second-order valence-electron chi connectivity index (χ2n) is 4.45. The molecule has 0 aliphatic heterocycles. The third kappa shape index (κ3) is 2.60. The molecule has 100 valence electrons. The summed E-state index contributed by atoms with van der Waals surface area (Å²) in [4.78, 5) is 4.29. The SMILES string of the molecule is Nc1ccc(OCc2ccc(Br)cn2)c2ccccc12. The molecule has 0 bridgehead atoms. The maximum atomic E-state index is 5.98. The zero-order chi connectivity index (χ0) is 13.9. The van der Waals surface area contributed by atoms with Gasteiger partial charge in [-0.15, -0.1) is 0 Å². The number of rotatable bonds is 3. The third-order valence-electron chi connectivity index (χ3n) is 3.08. The fourth-order valence-corrected chi connectivity index (χ4v) is 2.30. The Bertz CT molecular complexity index is 741. The molecule has 0 saturated heterocycles.